The van der Waals surface area contributed by atoms with Crippen LogP contribution in [0.5, 0.6) is 5.75 Å². The maximum absolute atomic E-state index is 13.0. The summed E-state index contributed by atoms with van der Waals surface area (Å²) in [6.07, 6.45) is 0.390. The zero-order chi connectivity index (χ0) is 19.2. The topological polar surface area (TPSA) is 70.7 Å². The van der Waals surface area contributed by atoms with Crippen LogP contribution in [0.4, 0.5) is 14.9 Å². The average molecular weight is 371 g/mol. The number of carbonyl (C=O) groups excluding carboxylic acids is 2. The minimum atomic E-state index is -0.326. The molecule has 1 aliphatic heterocycles. The Morgan fingerprint density at radius 1 is 1.26 bits per heavy atom. The van der Waals surface area contributed by atoms with Gasteiger partial charge in [0.1, 0.15) is 11.6 Å². The molecule has 2 aromatic carbocycles. The van der Waals surface area contributed by atoms with Gasteiger partial charge in [-0.2, -0.15) is 0 Å². The summed E-state index contributed by atoms with van der Waals surface area (Å²) in [6.45, 7) is 1.42. The molecule has 0 spiro atoms. The van der Waals surface area contributed by atoms with Gasteiger partial charge in [0, 0.05) is 43.7 Å². The normalized spacial score (nSPS) is 16.3. The Kier molecular flexibility index (Phi) is 5.90. The lowest BCUT2D eigenvalue weighted by Gasteiger charge is -2.17. The molecule has 0 aromatic heterocycles. The molecule has 0 radical (unpaired) electrons. The van der Waals surface area contributed by atoms with Gasteiger partial charge in [0.25, 0.3) is 0 Å². The van der Waals surface area contributed by atoms with Crippen molar-refractivity contribution in [3.63, 3.8) is 0 Å². The Morgan fingerprint density at radius 3 is 2.78 bits per heavy atom. The van der Waals surface area contributed by atoms with Crippen molar-refractivity contribution < 1.29 is 18.7 Å². The highest BCUT2D eigenvalue weighted by Gasteiger charge is 2.29. The number of urea groups is 1. The third kappa shape index (κ3) is 5.20. The van der Waals surface area contributed by atoms with Crippen molar-refractivity contribution in [3.8, 4) is 5.75 Å². The lowest BCUT2D eigenvalue weighted by molar-refractivity contribution is -0.128. The van der Waals surface area contributed by atoms with Gasteiger partial charge in [-0.05, 0) is 29.8 Å². The van der Waals surface area contributed by atoms with Gasteiger partial charge in [-0.25, -0.2) is 9.18 Å². The fourth-order valence-electron chi connectivity index (χ4n) is 3.07. The minimum Gasteiger partial charge on any atom is -0.497 e. The van der Waals surface area contributed by atoms with Crippen LogP contribution >= 0.6 is 0 Å². The van der Waals surface area contributed by atoms with Crippen LogP contribution < -0.4 is 15.4 Å². The third-order valence-corrected chi connectivity index (χ3v) is 4.46. The van der Waals surface area contributed by atoms with Crippen LogP contribution in [-0.2, 0) is 11.3 Å². The number of benzene rings is 2. The number of rotatable bonds is 6. The molecular weight excluding hydrogens is 349 g/mol. The van der Waals surface area contributed by atoms with Crippen molar-refractivity contribution >= 4 is 17.6 Å². The quantitative estimate of drug-likeness (QED) is 0.820. The van der Waals surface area contributed by atoms with Crippen molar-refractivity contribution in [2.75, 3.05) is 25.5 Å². The number of halogens is 1. The molecule has 2 aromatic rings. The number of methoxy groups -OCH3 is 1. The summed E-state index contributed by atoms with van der Waals surface area (Å²) in [6, 6.07) is 12.9. The van der Waals surface area contributed by atoms with Crippen LogP contribution in [-0.4, -0.2) is 37.0 Å². The highest BCUT2D eigenvalue weighted by atomic mass is 19.1. The molecule has 1 heterocycles. The summed E-state index contributed by atoms with van der Waals surface area (Å²) >= 11 is 0. The van der Waals surface area contributed by atoms with Crippen LogP contribution in [0.15, 0.2) is 48.5 Å². The first-order valence-electron chi connectivity index (χ1n) is 8.74. The van der Waals surface area contributed by atoms with E-state index in [2.05, 4.69) is 10.6 Å². The molecule has 2 N–H and O–H groups in total. The zero-order valence-corrected chi connectivity index (χ0v) is 15.1. The van der Waals surface area contributed by atoms with E-state index in [1.54, 1.807) is 48.4 Å². The Hall–Kier alpha value is -3.09. The molecule has 1 aliphatic rings. The first-order valence-corrected chi connectivity index (χ1v) is 8.74. The monoisotopic (exact) mass is 371 g/mol. The first-order chi connectivity index (χ1) is 13.0. The van der Waals surface area contributed by atoms with E-state index >= 15 is 0 Å². The van der Waals surface area contributed by atoms with Gasteiger partial charge < -0.3 is 20.3 Å². The second-order valence-corrected chi connectivity index (χ2v) is 6.54. The Balaban J connectivity index is 1.46. The van der Waals surface area contributed by atoms with E-state index < -0.39 is 0 Å². The van der Waals surface area contributed by atoms with Gasteiger partial charge in [-0.15, -0.1) is 0 Å². The number of ether oxygens (including phenoxy) is 1. The molecular formula is C20H22FN3O3. The number of nitrogens with zero attached hydrogens (tertiary/aromatic N) is 1. The maximum atomic E-state index is 13.0. The second-order valence-electron chi connectivity index (χ2n) is 6.54. The van der Waals surface area contributed by atoms with Crippen LogP contribution in [0.3, 0.4) is 0 Å². The number of hydrogen-bond donors (Lipinski definition) is 2. The molecule has 0 bridgehead atoms. The molecule has 7 heteroatoms. The molecule has 1 saturated heterocycles. The fraction of sp³-hybridized carbons (Fsp3) is 0.300. The van der Waals surface area contributed by atoms with Gasteiger partial charge in [-0.1, -0.05) is 18.2 Å². The molecule has 3 amide bonds. The van der Waals surface area contributed by atoms with Gasteiger partial charge in [0.2, 0.25) is 5.91 Å². The highest BCUT2D eigenvalue weighted by Crippen LogP contribution is 2.20. The lowest BCUT2D eigenvalue weighted by atomic mass is 10.1. The van der Waals surface area contributed by atoms with E-state index in [0.717, 1.165) is 5.56 Å². The number of nitrogens with one attached hydrogen (secondary N) is 2. The summed E-state index contributed by atoms with van der Waals surface area (Å²) in [5, 5.41) is 5.55. The predicted octanol–water partition coefficient (Wildman–Crippen LogP) is 3.00. The lowest BCUT2D eigenvalue weighted by Crippen LogP contribution is -2.34. The summed E-state index contributed by atoms with van der Waals surface area (Å²) in [4.78, 5) is 26.0. The predicted molar refractivity (Wildman–Crippen MR) is 99.9 cm³/mol. The molecule has 6 nitrogen and oxygen atoms in total. The molecule has 1 fully saturated rings. The highest BCUT2D eigenvalue weighted by molar-refractivity contribution is 5.89. The van der Waals surface area contributed by atoms with E-state index in [9.17, 15) is 14.0 Å². The fourth-order valence-corrected chi connectivity index (χ4v) is 3.07. The number of carbonyl (C=O) groups is 2. The Bertz CT molecular complexity index is 810. The molecule has 142 valence electrons. The summed E-state index contributed by atoms with van der Waals surface area (Å²) in [7, 11) is 1.56. The Labute approximate surface area is 157 Å². The zero-order valence-electron chi connectivity index (χ0n) is 15.1. The molecule has 1 atom stereocenters. The van der Waals surface area contributed by atoms with E-state index in [0.29, 0.717) is 37.5 Å². The molecule has 0 aliphatic carbocycles. The molecule has 0 saturated carbocycles. The SMILES string of the molecule is COc1cccc(NC(=O)NC[C@@H]2CC(=O)N(Cc3ccc(F)cc3)C2)c1. The van der Waals surface area contributed by atoms with E-state index in [1.807, 2.05) is 0 Å². The van der Waals surface area contributed by atoms with Gasteiger partial charge in [-0.3, -0.25) is 4.79 Å². The number of amides is 3. The number of hydrogen-bond acceptors (Lipinski definition) is 3. The molecule has 0 unspecified atom stereocenters. The van der Waals surface area contributed by atoms with Crippen molar-refractivity contribution in [2.45, 2.75) is 13.0 Å². The molecule has 3 rings (SSSR count). The van der Waals surface area contributed by atoms with Crippen LogP contribution in [0.25, 0.3) is 0 Å². The van der Waals surface area contributed by atoms with E-state index in [-0.39, 0.29) is 23.7 Å². The van der Waals surface area contributed by atoms with Gasteiger partial charge in [0.15, 0.2) is 0 Å². The average Bonchev–Trinajstić information content (AvgIpc) is 3.01. The minimum absolute atomic E-state index is 0.0410. The van der Waals surface area contributed by atoms with Gasteiger partial charge in [0.05, 0.1) is 7.11 Å². The largest absolute Gasteiger partial charge is 0.497 e. The summed E-state index contributed by atoms with van der Waals surface area (Å²) in [5.74, 6) is 0.453. The smallest absolute Gasteiger partial charge is 0.319 e. The van der Waals surface area contributed by atoms with Crippen molar-refractivity contribution in [1.29, 1.82) is 0 Å². The second kappa shape index (κ2) is 8.53. The van der Waals surface area contributed by atoms with E-state index in [1.165, 1.54) is 12.1 Å². The van der Waals surface area contributed by atoms with Crippen molar-refractivity contribution in [2.24, 2.45) is 5.92 Å². The Morgan fingerprint density at radius 2 is 2.04 bits per heavy atom. The first kappa shape index (κ1) is 18.7. The molecule has 27 heavy (non-hydrogen) atoms. The standard InChI is InChI=1S/C20H22FN3O3/c1-27-18-4-2-3-17(10-18)23-20(26)22-11-15-9-19(25)24(13-15)12-14-5-7-16(21)8-6-14/h2-8,10,15H,9,11-13H2,1H3,(H2,22,23,26)/t15-/m0/s1. The summed E-state index contributed by atoms with van der Waals surface area (Å²) < 4.78 is 18.1. The van der Waals surface area contributed by atoms with Crippen LogP contribution in [0.1, 0.15) is 12.0 Å². The third-order valence-electron chi connectivity index (χ3n) is 4.46. The van der Waals surface area contributed by atoms with Crippen LogP contribution in [0.2, 0.25) is 0 Å². The van der Waals surface area contributed by atoms with Gasteiger partial charge >= 0.3 is 6.03 Å². The van der Waals surface area contributed by atoms with Crippen molar-refractivity contribution in [3.05, 3.63) is 59.9 Å². The maximum Gasteiger partial charge on any atom is 0.319 e. The van der Waals surface area contributed by atoms with Crippen molar-refractivity contribution in [1.82, 2.24) is 10.2 Å². The summed E-state index contributed by atoms with van der Waals surface area (Å²) in [5.41, 5.74) is 1.52. The number of anilines is 1. The van der Waals surface area contributed by atoms with E-state index in [4.69, 9.17) is 4.74 Å². The number of likely N-dealkylation sites (tertiary alicyclic amines) is 1. The van der Waals surface area contributed by atoms with Crippen LogP contribution in [0, 0.1) is 11.7 Å².